The molecule has 146 valence electrons. The van der Waals surface area contributed by atoms with Gasteiger partial charge in [-0.15, -0.1) is 0 Å². The maximum atomic E-state index is 12.9. The van der Waals surface area contributed by atoms with Gasteiger partial charge in [0, 0.05) is 23.7 Å². The number of hydrogen-bond acceptors (Lipinski definition) is 3. The zero-order chi connectivity index (χ0) is 19.4. The van der Waals surface area contributed by atoms with Gasteiger partial charge in [0.05, 0.1) is 0 Å². The van der Waals surface area contributed by atoms with Crippen molar-refractivity contribution < 1.29 is 14.4 Å². The molecule has 0 aromatic heterocycles. The normalized spacial score (nSPS) is 23.2. The summed E-state index contributed by atoms with van der Waals surface area (Å²) in [6.45, 7) is 4.47. The molecule has 27 heavy (non-hydrogen) atoms. The Kier molecular flexibility index (Phi) is 5.82. The van der Waals surface area contributed by atoms with Crippen LogP contribution in [0.4, 0.5) is 5.69 Å². The molecule has 1 aromatic carbocycles. The average Bonchev–Trinajstić information content (AvgIpc) is 3.40. The van der Waals surface area contributed by atoms with E-state index in [9.17, 15) is 14.4 Å². The number of hydrogen-bond donors (Lipinski definition) is 3. The van der Waals surface area contributed by atoms with Gasteiger partial charge in [0.1, 0.15) is 5.54 Å². The van der Waals surface area contributed by atoms with Crippen LogP contribution in [0.1, 0.15) is 62.7 Å². The van der Waals surface area contributed by atoms with Crippen molar-refractivity contribution in [2.75, 3.05) is 11.9 Å². The van der Waals surface area contributed by atoms with E-state index < -0.39 is 5.54 Å². The van der Waals surface area contributed by atoms with Crippen molar-refractivity contribution >= 4 is 23.4 Å². The van der Waals surface area contributed by atoms with Crippen LogP contribution in [0.3, 0.4) is 0 Å². The number of benzene rings is 1. The molecule has 2 atom stereocenters. The van der Waals surface area contributed by atoms with Gasteiger partial charge in [-0.2, -0.15) is 0 Å². The van der Waals surface area contributed by atoms with E-state index in [1.807, 2.05) is 6.92 Å². The van der Waals surface area contributed by atoms with Crippen molar-refractivity contribution in [2.45, 2.75) is 57.9 Å². The molecule has 6 heteroatoms. The van der Waals surface area contributed by atoms with E-state index in [-0.39, 0.29) is 23.6 Å². The number of carbonyl (C=O) groups excluding carboxylic acids is 3. The summed E-state index contributed by atoms with van der Waals surface area (Å²) in [5.74, 6) is 0.126. The van der Waals surface area contributed by atoms with Gasteiger partial charge in [0.25, 0.3) is 5.91 Å². The van der Waals surface area contributed by atoms with Gasteiger partial charge in [0.15, 0.2) is 0 Å². The topological polar surface area (TPSA) is 87.3 Å². The maximum Gasteiger partial charge on any atom is 0.252 e. The molecule has 2 aliphatic rings. The zero-order valence-electron chi connectivity index (χ0n) is 16.1. The monoisotopic (exact) mass is 371 g/mol. The molecule has 0 radical (unpaired) electrons. The van der Waals surface area contributed by atoms with Crippen molar-refractivity contribution in [1.82, 2.24) is 10.6 Å². The van der Waals surface area contributed by atoms with Gasteiger partial charge < -0.3 is 16.0 Å². The fourth-order valence-corrected chi connectivity index (χ4v) is 3.84. The van der Waals surface area contributed by atoms with Crippen LogP contribution in [-0.2, 0) is 9.59 Å². The van der Waals surface area contributed by atoms with Crippen LogP contribution < -0.4 is 16.0 Å². The predicted molar refractivity (Wildman–Crippen MR) is 104 cm³/mol. The number of rotatable bonds is 6. The Morgan fingerprint density at radius 3 is 2.48 bits per heavy atom. The molecule has 0 saturated heterocycles. The summed E-state index contributed by atoms with van der Waals surface area (Å²) < 4.78 is 0. The van der Waals surface area contributed by atoms with Crippen LogP contribution in [0.15, 0.2) is 24.3 Å². The van der Waals surface area contributed by atoms with Crippen molar-refractivity contribution in [1.29, 1.82) is 0 Å². The Morgan fingerprint density at radius 2 is 1.85 bits per heavy atom. The van der Waals surface area contributed by atoms with Crippen LogP contribution >= 0.6 is 0 Å². The molecular weight excluding hydrogens is 342 g/mol. The molecule has 0 spiro atoms. The molecule has 2 saturated carbocycles. The fourth-order valence-electron chi connectivity index (χ4n) is 3.84. The third-order valence-corrected chi connectivity index (χ3v) is 5.67. The molecule has 0 heterocycles. The standard InChI is InChI=1S/C21H29N3O3/c1-3-22-20(27)21(10-5-4-6-11-21)24-18(25)15-8-7-9-16(13-15)23-19(26)17-12-14(17)2/h7-9,13-14,17H,3-6,10-12H2,1-2H3,(H,22,27)(H,23,26)(H,24,25)/t14-,17+/m0/s1. The highest BCUT2D eigenvalue weighted by Gasteiger charge is 2.41. The molecule has 6 nitrogen and oxygen atoms in total. The first-order chi connectivity index (χ1) is 12.9. The van der Waals surface area contributed by atoms with Gasteiger partial charge >= 0.3 is 0 Å². The molecule has 2 aliphatic carbocycles. The second kappa shape index (κ2) is 8.11. The molecule has 0 aliphatic heterocycles. The summed E-state index contributed by atoms with van der Waals surface area (Å²) in [4.78, 5) is 37.6. The lowest BCUT2D eigenvalue weighted by Gasteiger charge is -2.36. The third kappa shape index (κ3) is 4.49. The van der Waals surface area contributed by atoms with Crippen LogP contribution in [0.5, 0.6) is 0 Å². The zero-order valence-corrected chi connectivity index (χ0v) is 16.1. The highest BCUT2D eigenvalue weighted by atomic mass is 16.2. The van der Waals surface area contributed by atoms with Crippen molar-refractivity contribution in [3.63, 3.8) is 0 Å². The van der Waals surface area contributed by atoms with Crippen LogP contribution in [-0.4, -0.2) is 29.8 Å². The second-order valence-electron chi connectivity index (χ2n) is 7.85. The molecule has 2 fully saturated rings. The number of amides is 3. The maximum absolute atomic E-state index is 12.9. The number of anilines is 1. The Bertz CT molecular complexity index is 725. The molecule has 3 rings (SSSR count). The van der Waals surface area contributed by atoms with Crippen molar-refractivity contribution in [2.24, 2.45) is 11.8 Å². The minimum Gasteiger partial charge on any atom is -0.354 e. The van der Waals surface area contributed by atoms with E-state index in [0.29, 0.717) is 36.6 Å². The summed E-state index contributed by atoms with van der Waals surface area (Å²) in [6.07, 6.45) is 5.15. The largest absolute Gasteiger partial charge is 0.354 e. The molecule has 0 bridgehead atoms. The Labute approximate surface area is 160 Å². The molecule has 0 unspecified atom stereocenters. The smallest absolute Gasteiger partial charge is 0.252 e. The van der Waals surface area contributed by atoms with Crippen LogP contribution in [0.2, 0.25) is 0 Å². The first-order valence-corrected chi connectivity index (χ1v) is 9.97. The minimum atomic E-state index is -0.839. The Balaban J connectivity index is 1.71. The van der Waals surface area contributed by atoms with Crippen molar-refractivity contribution in [3.05, 3.63) is 29.8 Å². The van der Waals surface area contributed by atoms with Gasteiger partial charge in [0.2, 0.25) is 11.8 Å². The summed E-state index contributed by atoms with van der Waals surface area (Å²) >= 11 is 0. The van der Waals surface area contributed by atoms with Gasteiger partial charge in [-0.1, -0.05) is 32.3 Å². The number of carbonyl (C=O) groups is 3. The van der Waals surface area contributed by atoms with E-state index in [4.69, 9.17) is 0 Å². The first-order valence-electron chi connectivity index (χ1n) is 9.97. The molecule has 1 aromatic rings. The molecule has 3 amide bonds. The Morgan fingerprint density at radius 1 is 1.15 bits per heavy atom. The van der Waals surface area contributed by atoms with Crippen LogP contribution in [0, 0.1) is 11.8 Å². The average molecular weight is 371 g/mol. The fraction of sp³-hybridized carbons (Fsp3) is 0.571. The van der Waals surface area contributed by atoms with E-state index in [0.717, 1.165) is 25.7 Å². The lowest BCUT2D eigenvalue weighted by Crippen LogP contribution is -2.59. The quantitative estimate of drug-likeness (QED) is 0.718. The van der Waals surface area contributed by atoms with Gasteiger partial charge in [-0.3, -0.25) is 14.4 Å². The third-order valence-electron chi connectivity index (χ3n) is 5.67. The summed E-state index contributed by atoms with van der Waals surface area (Å²) in [5, 5.41) is 8.74. The SMILES string of the molecule is CCNC(=O)C1(NC(=O)c2cccc(NC(=O)[C@@H]3C[C@@H]3C)c2)CCCCC1. The van der Waals surface area contributed by atoms with E-state index in [2.05, 4.69) is 22.9 Å². The summed E-state index contributed by atoms with van der Waals surface area (Å²) in [7, 11) is 0. The highest BCUT2D eigenvalue weighted by Crippen LogP contribution is 2.38. The molecular formula is C21H29N3O3. The summed E-state index contributed by atoms with van der Waals surface area (Å²) in [6, 6.07) is 6.91. The predicted octanol–water partition coefficient (Wildman–Crippen LogP) is 2.85. The van der Waals surface area contributed by atoms with E-state index in [1.54, 1.807) is 24.3 Å². The summed E-state index contributed by atoms with van der Waals surface area (Å²) in [5.41, 5.74) is 0.224. The Hall–Kier alpha value is -2.37. The lowest BCUT2D eigenvalue weighted by molar-refractivity contribution is -0.128. The van der Waals surface area contributed by atoms with E-state index in [1.165, 1.54) is 0 Å². The van der Waals surface area contributed by atoms with Crippen LogP contribution in [0.25, 0.3) is 0 Å². The number of likely N-dealkylation sites (N-methyl/N-ethyl adjacent to an activating group) is 1. The lowest BCUT2D eigenvalue weighted by atomic mass is 9.80. The first kappa shape index (κ1) is 19.4. The van der Waals surface area contributed by atoms with Gasteiger partial charge in [-0.25, -0.2) is 0 Å². The highest BCUT2D eigenvalue weighted by molar-refractivity contribution is 6.01. The van der Waals surface area contributed by atoms with Gasteiger partial charge in [-0.05, 0) is 50.3 Å². The minimum absolute atomic E-state index is 0.00568. The second-order valence-corrected chi connectivity index (χ2v) is 7.85. The molecule has 3 N–H and O–H groups in total. The van der Waals surface area contributed by atoms with Crippen molar-refractivity contribution in [3.8, 4) is 0 Å². The van der Waals surface area contributed by atoms with E-state index >= 15 is 0 Å². The number of nitrogens with one attached hydrogen (secondary N) is 3.